The van der Waals surface area contributed by atoms with E-state index in [2.05, 4.69) is 67.2 Å². The lowest BCUT2D eigenvalue weighted by Gasteiger charge is -2.18. The van der Waals surface area contributed by atoms with Crippen LogP contribution in [0.3, 0.4) is 0 Å². The zero-order valence-electron chi connectivity index (χ0n) is 16.6. The summed E-state index contributed by atoms with van der Waals surface area (Å²) in [6.45, 7) is 2.13. The van der Waals surface area contributed by atoms with E-state index in [1.165, 1.54) is 11.9 Å². The van der Waals surface area contributed by atoms with Crippen LogP contribution in [0.1, 0.15) is 37.1 Å². The highest BCUT2D eigenvalue weighted by Gasteiger charge is 2.25. The minimum absolute atomic E-state index is 0.0612. The summed E-state index contributed by atoms with van der Waals surface area (Å²) in [5.41, 5.74) is 11.4. The number of hydrogen-bond acceptors (Lipinski definition) is 6. The number of fused-ring (bicyclic) bond motifs is 2. The molecule has 2 N–H and O–H groups in total. The van der Waals surface area contributed by atoms with Gasteiger partial charge >= 0.3 is 0 Å². The lowest BCUT2D eigenvalue weighted by Crippen LogP contribution is -2.12. The molecule has 1 unspecified atom stereocenters. The summed E-state index contributed by atoms with van der Waals surface area (Å²) in [5, 5.41) is 5.55. The van der Waals surface area contributed by atoms with E-state index in [0.717, 1.165) is 50.2 Å². The summed E-state index contributed by atoms with van der Waals surface area (Å²) in [6.07, 6.45) is 7.13. The molecule has 0 spiro atoms. The van der Waals surface area contributed by atoms with Crippen molar-refractivity contribution in [2.75, 3.05) is 12.8 Å². The topological polar surface area (TPSA) is 95.6 Å². The Kier molecular flexibility index (Phi) is 4.69. The van der Waals surface area contributed by atoms with Crippen LogP contribution in [0.5, 0.6) is 0 Å². The highest BCUT2D eigenvalue weighted by molar-refractivity contribution is 14.1. The number of nitrogens with zero attached hydrogens (tertiary/aromatic N) is 6. The summed E-state index contributed by atoms with van der Waals surface area (Å²) in [7, 11) is 1.66. The van der Waals surface area contributed by atoms with Crippen molar-refractivity contribution in [2.24, 2.45) is 4.99 Å². The molecule has 5 heterocycles. The van der Waals surface area contributed by atoms with Crippen molar-refractivity contribution in [1.29, 1.82) is 0 Å². The van der Waals surface area contributed by atoms with Crippen LogP contribution in [0.25, 0.3) is 22.1 Å². The van der Waals surface area contributed by atoms with Crippen LogP contribution in [0.15, 0.2) is 48.0 Å². The maximum absolute atomic E-state index is 6.09. The van der Waals surface area contributed by atoms with E-state index in [-0.39, 0.29) is 6.04 Å². The molecule has 1 atom stereocenters. The SMILES string of the molecule is COC1=NC=C(c2c(C(C)n3nc(I)c4c(N)ncnc43)cc3ccccn23)CC1. The van der Waals surface area contributed by atoms with E-state index in [4.69, 9.17) is 15.6 Å². The number of nitrogen functional groups attached to an aromatic ring is 1. The number of hydrogen-bond donors (Lipinski definition) is 1. The van der Waals surface area contributed by atoms with Crippen LogP contribution in [0, 0.1) is 3.70 Å². The molecule has 4 aromatic heterocycles. The number of ether oxygens (including phenoxy) is 1. The van der Waals surface area contributed by atoms with Crippen LogP contribution in [0.4, 0.5) is 5.82 Å². The Labute approximate surface area is 186 Å². The molecule has 9 heteroatoms. The van der Waals surface area contributed by atoms with Crippen LogP contribution < -0.4 is 5.73 Å². The molecular formula is C21H20IN7O. The highest BCUT2D eigenvalue weighted by Crippen LogP contribution is 2.36. The van der Waals surface area contributed by atoms with E-state index < -0.39 is 0 Å². The Balaban J connectivity index is 1.71. The average Bonchev–Trinajstić information content (AvgIpc) is 3.32. The molecule has 30 heavy (non-hydrogen) atoms. The molecule has 4 aromatic rings. The van der Waals surface area contributed by atoms with E-state index in [9.17, 15) is 0 Å². The van der Waals surface area contributed by atoms with Crippen molar-refractivity contribution < 1.29 is 4.74 Å². The number of allylic oxidation sites excluding steroid dienone is 1. The van der Waals surface area contributed by atoms with Crippen molar-refractivity contribution in [3.05, 3.63) is 57.9 Å². The molecule has 1 aliphatic heterocycles. The monoisotopic (exact) mass is 513 g/mol. The smallest absolute Gasteiger partial charge is 0.187 e. The van der Waals surface area contributed by atoms with Crippen LogP contribution in [-0.2, 0) is 4.74 Å². The summed E-state index contributed by atoms with van der Waals surface area (Å²) >= 11 is 2.19. The standard InChI is InChI=1S/C21H20IN7O/c1-12(29-21-17(19(22)27-29)20(23)25-11-26-21)15-9-14-5-3-4-8-28(14)18(15)13-6-7-16(30-2)24-10-13/h3-5,8-12H,6-7H2,1-2H3,(H2,23,25,26). The Morgan fingerprint density at radius 3 is 2.87 bits per heavy atom. The molecule has 8 nitrogen and oxygen atoms in total. The fourth-order valence-electron chi connectivity index (χ4n) is 4.01. The highest BCUT2D eigenvalue weighted by atomic mass is 127. The maximum atomic E-state index is 6.09. The first-order chi connectivity index (χ1) is 14.6. The van der Waals surface area contributed by atoms with Gasteiger partial charge in [0, 0.05) is 29.9 Å². The molecular weight excluding hydrogens is 493 g/mol. The number of methoxy groups -OCH3 is 1. The van der Waals surface area contributed by atoms with Gasteiger partial charge in [-0.25, -0.2) is 19.6 Å². The van der Waals surface area contributed by atoms with Crippen molar-refractivity contribution >= 4 is 56.4 Å². The third-order valence-corrected chi connectivity index (χ3v) is 6.27. The molecule has 0 radical (unpaired) electrons. The third-order valence-electron chi connectivity index (χ3n) is 5.51. The number of aromatic nitrogens is 5. The lowest BCUT2D eigenvalue weighted by atomic mass is 9.99. The van der Waals surface area contributed by atoms with Crippen molar-refractivity contribution in [2.45, 2.75) is 25.8 Å². The first-order valence-corrected chi connectivity index (χ1v) is 10.7. The second kappa shape index (κ2) is 7.38. The van der Waals surface area contributed by atoms with Crippen LogP contribution in [0.2, 0.25) is 0 Å². The van der Waals surface area contributed by atoms with Gasteiger partial charge in [0.25, 0.3) is 0 Å². The minimum Gasteiger partial charge on any atom is -0.484 e. The molecule has 0 aromatic carbocycles. The molecule has 152 valence electrons. The molecule has 1 aliphatic rings. The summed E-state index contributed by atoms with van der Waals surface area (Å²) in [5.74, 6) is 1.20. The predicted octanol–water partition coefficient (Wildman–Crippen LogP) is 4.05. The molecule has 0 bridgehead atoms. The van der Waals surface area contributed by atoms with Crippen molar-refractivity contribution in [3.8, 4) is 0 Å². The second-order valence-corrected chi connectivity index (χ2v) is 8.22. The first-order valence-electron chi connectivity index (χ1n) is 9.62. The minimum atomic E-state index is -0.0612. The van der Waals surface area contributed by atoms with Gasteiger partial charge in [-0.3, -0.25) is 0 Å². The quantitative estimate of drug-likeness (QED) is 0.417. The number of anilines is 1. The molecule has 0 amide bonds. The van der Waals surface area contributed by atoms with E-state index >= 15 is 0 Å². The predicted molar refractivity (Wildman–Crippen MR) is 125 cm³/mol. The number of halogens is 1. The molecule has 0 aliphatic carbocycles. The van der Waals surface area contributed by atoms with Gasteiger partial charge in [0.1, 0.15) is 15.8 Å². The summed E-state index contributed by atoms with van der Waals surface area (Å²) in [6, 6.07) is 8.34. The Bertz CT molecular complexity index is 1330. The molecule has 5 rings (SSSR count). The fourth-order valence-corrected chi connectivity index (χ4v) is 4.76. The van der Waals surface area contributed by atoms with Gasteiger partial charge in [0.05, 0.1) is 24.2 Å². The van der Waals surface area contributed by atoms with Crippen molar-refractivity contribution in [1.82, 2.24) is 24.1 Å². The van der Waals surface area contributed by atoms with Gasteiger partial charge in [0.15, 0.2) is 11.5 Å². The molecule has 0 fully saturated rings. The van der Waals surface area contributed by atoms with E-state index in [1.807, 2.05) is 23.0 Å². The Morgan fingerprint density at radius 1 is 1.23 bits per heavy atom. The summed E-state index contributed by atoms with van der Waals surface area (Å²) in [4.78, 5) is 13.1. The fraction of sp³-hybridized carbons (Fsp3) is 0.238. The van der Waals surface area contributed by atoms with Crippen LogP contribution in [-0.4, -0.2) is 37.2 Å². The van der Waals surface area contributed by atoms with Gasteiger partial charge in [0.2, 0.25) is 0 Å². The van der Waals surface area contributed by atoms with Gasteiger partial charge < -0.3 is 14.9 Å². The third kappa shape index (κ3) is 2.95. The largest absolute Gasteiger partial charge is 0.484 e. The van der Waals surface area contributed by atoms with E-state index in [1.54, 1.807) is 7.11 Å². The Morgan fingerprint density at radius 2 is 2.10 bits per heavy atom. The molecule has 0 saturated carbocycles. The summed E-state index contributed by atoms with van der Waals surface area (Å²) < 4.78 is 10.3. The van der Waals surface area contributed by atoms with Crippen LogP contribution >= 0.6 is 22.6 Å². The van der Waals surface area contributed by atoms with Gasteiger partial charge in [-0.2, -0.15) is 5.10 Å². The lowest BCUT2D eigenvalue weighted by molar-refractivity contribution is 0.389. The second-order valence-electron chi connectivity index (χ2n) is 7.19. The van der Waals surface area contributed by atoms with Gasteiger partial charge in [-0.15, -0.1) is 0 Å². The van der Waals surface area contributed by atoms with Gasteiger partial charge in [-0.1, -0.05) is 6.07 Å². The zero-order valence-corrected chi connectivity index (χ0v) is 18.7. The first kappa shape index (κ1) is 19.0. The average molecular weight is 513 g/mol. The zero-order chi connectivity index (χ0) is 20.8. The Hall–Kier alpha value is -2.95. The maximum Gasteiger partial charge on any atom is 0.187 e. The van der Waals surface area contributed by atoms with E-state index in [0.29, 0.717) is 5.82 Å². The molecule has 0 saturated heterocycles. The van der Waals surface area contributed by atoms with Gasteiger partial charge in [-0.05, 0) is 59.7 Å². The normalized spacial score (nSPS) is 15.3. The number of nitrogens with two attached hydrogens (primary N) is 1. The number of pyridine rings is 1. The number of rotatable bonds is 3. The number of aliphatic imine (C=N–C) groups is 1. The van der Waals surface area contributed by atoms with Crippen molar-refractivity contribution in [3.63, 3.8) is 0 Å².